The van der Waals surface area contributed by atoms with Crippen molar-refractivity contribution in [2.45, 2.75) is 10.1 Å². The molecule has 0 saturated heterocycles. The summed E-state index contributed by atoms with van der Waals surface area (Å²) in [6.45, 7) is 0. The van der Waals surface area contributed by atoms with Gasteiger partial charge < -0.3 is 5.11 Å². The standard InChI is InChI=1S/C14H9N3O2S/c18-14(19)9-5-6-15-12(7-9)20-13-11-4-2-1-3-10(11)8-16-17-13/h1-8H,(H,18,19). The Morgan fingerprint density at radius 2 is 2.05 bits per heavy atom. The number of fused-ring (bicyclic) bond motifs is 1. The van der Waals surface area contributed by atoms with Gasteiger partial charge in [0.15, 0.2) is 0 Å². The van der Waals surface area contributed by atoms with Gasteiger partial charge in [-0.15, -0.1) is 5.10 Å². The fourth-order valence-corrected chi connectivity index (χ4v) is 2.66. The summed E-state index contributed by atoms with van der Waals surface area (Å²) >= 11 is 1.30. The lowest BCUT2D eigenvalue weighted by Crippen LogP contribution is -1.97. The highest BCUT2D eigenvalue weighted by Crippen LogP contribution is 2.30. The Bertz CT molecular complexity index is 787. The van der Waals surface area contributed by atoms with Gasteiger partial charge in [0.05, 0.1) is 11.8 Å². The molecule has 3 rings (SSSR count). The van der Waals surface area contributed by atoms with Gasteiger partial charge in [-0.1, -0.05) is 24.3 Å². The van der Waals surface area contributed by atoms with Gasteiger partial charge in [0.1, 0.15) is 10.1 Å². The van der Waals surface area contributed by atoms with Gasteiger partial charge in [-0.05, 0) is 23.9 Å². The van der Waals surface area contributed by atoms with Crippen molar-refractivity contribution < 1.29 is 9.90 Å². The normalized spacial score (nSPS) is 10.6. The van der Waals surface area contributed by atoms with Gasteiger partial charge >= 0.3 is 5.97 Å². The van der Waals surface area contributed by atoms with Crippen molar-refractivity contribution in [3.63, 3.8) is 0 Å². The number of rotatable bonds is 3. The molecule has 0 aliphatic carbocycles. The number of carboxylic acid groups (broad SMARTS) is 1. The summed E-state index contributed by atoms with van der Waals surface area (Å²) in [5.41, 5.74) is 0.204. The third-order valence-electron chi connectivity index (χ3n) is 2.72. The molecule has 0 unspecified atom stereocenters. The maximum atomic E-state index is 11.0. The van der Waals surface area contributed by atoms with Gasteiger partial charge in [-0.3, -0.25) is 0 Å². The molecule has 0 fully saturated rings. The van der Waals surface area contributed by atoms with Gasteiger partial charge in [0.25, 0.3) is 0 Å². The fourth-order valence-electron chi connectivity index (χ4n) is 1.77. The molecular weight excluding hydrogens is 274 g/mol. The van der Waals surface area contributed by atoms with E-state index in [1.54, 1.807) is 6.20 Å². The summed E-state index contributed by atoms with van der Waals surface area (Å²) in [5, 5.41) is 20.3. The van der Waals surface area contributed by atoms with Crippen molar-refractivity contribution in [1.29, 1.82) is 0 Å². The first-order valence-electron chi connectivity index (χ1n) is 5.81. The molecule has 0 spiro atoms. The molecule has 5 nitrogen and oxygen atoms in total. The Balaban J connectivity index is 2.01. The summed E-state index contributed by atoms with van der Waals surface area (Å²) in [7, 11) is 0. The molecule has 0 atom stereocenters. The summed E-state index contributed by atoms with van der Waals surface area (Å²) < 4.78 is 0. The number of aromatic nitrogens is 3. The summed E-state index contributed by atoms with van der Waals surface area (Å²) in [6, 6.07) is 10.7. The average molecular weight is 283 g/mol. The zero-order valence-electron chi connectivity index (χ0n) is 10.2. The van der Waals surface area contributed by atoms with E-state index in [0.717, 1.165) is 10.8 Å². The summed E-state index contributed by atoms with van der Waals surface area (Å²) in [6.07, 6.45) is 3.17. The first-order valence-corrected chi connectivity index (χ1v) is 6.63. The van der Waals surface area contributed by atoms with Crippen molar-refractivity contribution in [2.24, 2.45) is 0 Å². The van der Waals surface area contributed by atoms with Crippen LogP contribution in [0.25, 0.3) is 10.8 Å². The zero-order chi connectivity index (χ0) is 13.9. The Hall–Kier alpha value is -2.47. The number of carboxylic acids is 1. The minimum Gasteiger partial charge on any atom is -0.478 e. The maximum Gasteiger partial charge on any atom is 0.335 e. The highest BCUT2D eigenvalue weighted by Gasteiger charge is 2.09. The van der Waals surface area contributed by atoms with Crippen LogP contribution in [0.1, 0.15) is 10.4 Å². The van der Waals surface area contributed by atoms with Crippen LogP contribution >= 0.6 is 11.8 Å². The number of pyridine rings is 1. The number of benzene rings is 1. The molecule has 20 heavy (non-hydrogen) atoms. The average Bonchev–Trinajstić information content (AvgIpc) is 2.48. The lowest BCUT2D eigenvalue weighted by Gasteiger charge is -2.04. The number of hydrogen-bond acceptors (Lipinski definition) is 5. The third-order valence-corrected chi connectivity index (χ3v) is 3.65. The molecule has 1 N–H and O–H groups in total. The summed E-state index contributed by atoms with van der Waals surface area (Å²) in [5.74, 6) is -0.974. The van der Waals surface area contributed by atoms with Crippen LogP contribution in [0.3, 0.4) is 0 Å². The van der Waals surface area contributed by atoms with Crippen LogP contribution in [0, 0.1) is 0 Å². The third kappa shape index (κ3) is 2.46. The second-order valence-electron chi connectivity index (χ2n) is 4.03. The highest BCUT2D eigenvalue weighted by molar-refractivity contribution is 7.99. The molecule has 0 amide bonds. The topological polar surface area (TPSA) is 76.0 Å². The molecule has 0 bridgehead atoms. The Morgan fingerprint density at radius 3 is 2.90 bits per heavy atom. The molecule has 98 valence electrons. The second-order valence-corrected chi connectivity index (χ2v) is 5.04. The number of hydrogen-bond donors (Lipinski definition) is 1. The lowest BCUT2D eigenvalue weighted by atomic mass is 10.2. The van der Waals surface area contributed by atoms with E-state index < -0.39 is 5.97 Å². The van der Waals surface area contributed by atoms with Gasteiger partial charge in [-0.25, -0.2) is 9.78 Å². The number of aromatic carboxylic acids is 1. The van der Waals surface area contributed by atoms with Crippen LogP contribution in [-0.4, -0.2) is 26.3 Å². The van der Waals surface area contributed by atoms with Gasteiger partial charge in [-0.2, -0.15) is 5.10 Å². The Kier molecular flexibility index (Phi) is 3.30. The van der Waals surface area contributed by atoms with Crippen molar-refractivity contribution in [3.8, 4) is 0 Å². The van der Waals surface area contributed by atoms with Gasteiger partial charge in [0.2, 0.25) is 0 Å². The Labute approximate surface area is 118 Å². The molecule has 0 radical (unpaired) electrons. The van der Waals surface area contributed by atoms with E-state index in [-0.39, 0.29) is 5.56 Å². The molecule has 0 saturated carbocycles. The second kappa shape index (κ2) is 5.26. The van der Waals surface area contributed by atoms with Crippen LogP contribution in [0.2, 0.25) is 0 Å². The van der Waals surface area contributed by atoms with Crippen molar-refractivity contribution in [2.75, 3.05) is 0 Å². The molecule has 6 heteroatoms. The number of nitrogens with zero attached hydrogens (tertiary/aromatic N) is 3. The Morgan fingerprint density at radius 1 is 1.20 bits per heavy atom. The number of carbonyl (C=O) groups is 1. The van der Waals surface area contributed by atoms with Crippen molar-refractivity contribution in [3.05, 3.63) is 54.4 Å². The van der Waals surface area contributed by atoms with E-state index in [1.165, 1.54) is 30.1 Å². The molecule has 2 aromatic heterocycles. The van der Waals surface area contributed by atoms with Gasteiger partial charge in [0, 0.05) is 17.0 Å². The molecular formula is C14H9N3O2S. The molecule has 3 aromatic rings. The van der Waals surface area contributed by atoms with E-state index in [2.05, 4.69) is 15.2 Å². The van der Waals surface area contributed by atoms with Crippen LogP contribution in [0.4, 0.5) is 0 Å². The minimum atomic E-state index is -0.974. The maximum absolute atomic E-state index is 11.0. The smallest absolute Gasteiger partial charge is 0.335 e. The van der Waals surface area contributed by atoms with E-state index >= 15 is 0 Å². The van der Waals surface area contributed by atoms with Crippen LogP contribution in [-0.2, 0) is 0 Å². The van der Waals surface area contributed by atoms with Crippen molar-refractivity contribution >= 4 is 28.5 Å². The van der Waals surface area contributed by atoms with E-state index in [4.69, 9.17) is 5.11 Å². The largest absolute Gasteiger partial charge is 0.478 e. The monoisotopic (exact) mass is 283 g/mol. The highest BCUT2D eigenvalue weighted by atomic mass is 32.2. The van der Waals surface area contributed by atoms with E-state index in [1.807, 2.05) is 24.3 Å². The predicted molar refractivity (Wildman–Crippen MR) is 74.9 cm³/mol. The minimum absolute atomic E-state index is 0.204. The van der Waals surface area contributed by atoms with Crippen LogP contribution < -0.4 is 0 Å². The molecule has 2 heterocycles. The van der Waals surface area contributed by atoms with Crippen LogP contribution in [0.15, 0.2) is 58.8 Å². The SMILES string of the molecule is O=C(O)c1ccnc(Sc2nncc3ccccc23)c1. The predicted octanol–water partition coefficient (Wildman–Crippen LogP) is 2.87. The summed E-state index contributed by atoms with van der Waals surface area (Å²) in [4.78, 5) is 15.1. The fraction of sp³-hybridized carbons (Fsp3) is 0. The van der Waals surface area contributed by atoms with Crippen LogP contribution in [0.5, 0.6) is 0 Å². The zero-order valence-corrected chi connectivity index (χ0v) is 11.0. The molecule has 0 aliphatic heterocycles. The first-order chi connectivity index (χ1) is 9.74. The molecule has 1 aromatic carbocycles. The lowest BCUT2D eigenvalue weighted by molar-refractivity contribution is 0.0696. The molecule has 0 aliphatic rings. The van der Waals surface area contributed by atoms with E-state index in [0.29, 0.717) is 10.1 Å². The quantitative estimate of drug-likeness (QED) is 0.796. The van der Waals surface area contributed by atoms with E-state index in [9.17, 15) is 4.79 Å². The van der Waals surface area contributed by atoms with Crippen molar-refractivity contribution in [1.82, 2.24) is 15.2 Å². The first kappa shape index (κ1) is 12.6.